The van der Waals surface area contributed by atoms with Gasteiger partial charge in [0.15, 0.2) is 5.82 Å². The third-order valence-corrected chi connectivity index (χ3v) is 3.11. The lowest BCUT2D eigenvalue weighted by atomic mass is 10.2. The standard InChI is InChI=1S/C15H14N4O/c1-19-15(20)13-12(8-5-9-16-13)14(18-19)17-10-11-6-3-2-4-7-11/h2-9H,10H2,1H3,(H,17,18). The molecule has 0 aliphatic rings. The molecule has 0 saturated carbocycles. The number of aryl methyl sites for hydroxylation is 1. The largest absolute Gasteiger partial charge is 0.364 e. The Balaban J connectivity index is 2.00. The summed E-state index contributed by atoms with van der Waals surface area (Å²) in [5, 5.41) is 8.27. The number of hydrogen-bond acceptors (Lipinski definition) is 4. The van der Waals surface area contributed by atoms with Crippen molar-refractivity contribution in [3.8, 4) is 0 Å². The van der Waals surface area contributed by atoms with Crippen LogP contribution in [0.3, 0.4) is 0 Å². The summed E-state index contributed by atoms with van der Waals surface area (Å²) in [6.45, 7) is 0.649. The summed E-state index contributed by atoms with van der Waals surface area (Å²) in [5.41, 5.74) is 1.40. The quantitative estimate of drug-likeness (QED) is 0.787. The lowest BCUT2D eigenvalue weighted by Gasteiger charge is -2.09. The van der Waals surface area contributed by atoms with E-state index in [2.05, 4.69) is 15.4 Å². The molecule has 0 unspecified atom stereocenters. The third kappa shape index (κ3) is 2.25. The van der Waals surface area contributed by atoms with Crippen LogP contribution in [0.5, 0.6) is 0 Å². The fourth-order valence-electron chi connectivity index (χ4n) is 2.08. The maximum absolute atomic E-state index is 12.0. The normalized spacial score (nSPS) is 10.7. The van der Waals surface area contributed by atoms with Crippen LogP contribution in [0.1, 0.15) is 5.56 Å². The molecule has 2 aromatic heterocycles. The predicted molar refractivity (Wildman–Crippen MR) is 78.5 cm³/mol. The Hall–Kier alpha value is -2.69. The van der Waals surface area contributed by atoms with Crippen LogP contribution in [0.4, 0.5) is 5.82 Å². The molecule has 2 heterocycles. The van der Waals surface area contributed by atoms with Gasteiger partial charge in [-0.1, -0.05) is 30.3 Å². The van der Waals surface area contributed by atoms with Gasteiger partial charge in [-0.15, -0.1) is 0 Å². The minimum atomic E-state index is -0.189. The molecule has 0 saturated heterocycles. The van der Waals surface area contributed by atoms with E-state index in [9.17, 15) is 4.79 Å². The molecule has 3 rings (SSSR count). The van der Waals surface area contributed by atoms with E-state index in [1.165, 1.54) is 4.68 Å². The maximum Gasteiger partial charge on any atom is 0.293 e. The Bertz CT molecular complexity index is 796. The van der Waals surface area contributed by atoms with E-state index in [1.807, 2.05) is 36.4 Å². The van der Waals surface area contributed by atoms with Crippen molar-refractivity contribution in [2.24, 2.45) is 7.05 Å². The molecule has 100 valence electrons. The molecule has 5 nitrogen and oxygen atoms in total. The molecule has 5 heteroatoms. The van der Waals surface area contributed by atoms with Crippen molar-refractivity contribution in [2.45, 2.75) is 6.54 Å². The number of pyridine rings is 1. The third-order valence-electron chi connectivity index (χ3n) is 3.11. The van der Waals surface area contributed by atoms with Crippen LogP contribution >= 0.6 is 0 Å². The fraction of sp³-hybridized carbons (Fsp3) is 0.133. The summed E-state index contributed by atoms with van der Waals surface area (Å²) < 4.78 is 1.31. The first kappa shape index (κ1) is 12.3. The first-order valence-corrected chi connectivity index (χ1v) is 6.35. The van der Waals surface area contributed by atoms with E-state index < -0.39 is 0 Å². The van der Waals surface area contributed by atoms with Gasteiger partial charge in [0.25, 0.3) is 5.56 Å². The molecule has 0 atom stereocenters. The topological polar surface area (TPSA) is 59.8 Å². The molecular weight excluding hydrogens is 252 g/mol. The second-order valence-corrected chi connectivity index (χ2v) is 4.52. The average Bonchev–Trinajstić information content (AvgIpc) is 2.50. The molecular formula is C15H14N4O. The monoisotopic (exact) mass is 266 g/mol. The van der Waals surface area contributed by atoms with Gasteiger partial charge in [0.05, 0.1) is 5.39 Å². The highest BCUT2D eigenvalue weighted by Crippen LogP contribution is 2.16. The Morgan fingerprint density at radius 2 is 1.95 bits per heavy atom. The van der Waals surface area contributed by atoms with Crippen molar-refractivity contribution in [3.63, 3.8) is 0 Å². The number of benzene rings is 1. The van der Waals surface area contributed by atoms with Crippen LogP contribution in [0.25, 0.3) is 10.9 Å². The second-order valence-electron chi connectivity index (χ2n) is 4.52. The number of nitrogens with zero attached hydrogens (tertiary/aromatic N) is 3. The first-order chi connectivity index (χ1) is 9.75. The van der Waals surface area contributed by atoms with Gasteiger partial charge in [-0.25, -0.2) is 4.68 Å². The minimum Gasteiger partial charge on any atom is -0.364 e. The highest BCUT2D eigenvalue weighted by molar-refractivity contribution is 5.87. The number of anilines is 1. The predicted octanol–water partition coefficient (Wildman–Crippen LogP) is 1.94. The molecule has 0 bridgehead atoms. The molecule has 0 amide bonds. The molecule has 0 radical (unpaired) electrons. The van der Waals surface area contributed by atoms with Crippen LogP contribution in [0.15, 0.2) is 53.5 Å². The van der Waals surface area contributed by atoms with Gasteiger partial charge in [-0.2, -0.15) is 5.10 Å². The van der Waals surface area contributed by atoms with Crippen LogP contribution in [-0.4, -0.2) is 14.8 Å². The van der Waals surface area contributed by atoms with E-state index >= 15 is 0 Å². The highest BCUT2D eigenvalue weighted by atomic mass is 16.1. The number of rotatable bonds is 3. The van der Waals surface area contributed by atoms with E-state index in [0.29, 0.717) is 17.9 Å². The van der Waals surface area contributed by atoms with Crippen molar-refractivity contribution >= 4 is 16.7 Å². The smallest absolute Gasteiger partial charge is 0.293 e. The van der Waals surface area contributed by atoms with E-state index in [1.54, 1.807) is 19.3 Å². The highest BCUT2D eigenvalue weighted by Gasteiger charge is 2.08. The minimum absolute atomic E-state index is 0.189. The van der Waals surface area contributed by atoms with Gasteiger partial charge in [0.1, 0.15) is 5.52 Å². The molecule has 20 heavy (non-hydrogen) atoms. The van der Waals surface area contributed by atoms with Gasteiger partial charge in [0, 0.05) is 19.8 Å². The lowest BCUT2D eigenvalue weighted by Crippen LogP contribution is -2.22. The van der Waals surface area contributed by atoms with Crippen molar-refractivity contribution in [1.29, 1.82) is 0 Å². The summed E-state index contributed by atoms with van der Waals surface area (Å²) in [7, 11) is 1.63. The van der Waals surface area contributed by atoms with Gasteiger partial charge in [0.2, 0.25) is 0 Å². The van der Waals surface area contributed by atoms with Crippen LogP contribution in [0, 0.1) is 0 Å². The molecule has 1 aromatic carbocycles. The van der Waals surface area contributed by atoms with Crippen LogP contribution in [0.2, 0.25) is 0 Å². The Morgan fingerprint density at radius 3 is 2.75 bits per heavy atom. The van der Waals surface area contributed by atoms with Gasteiger partial charge in [-0.3, -0.25) is 9.78 Å². The number of fused-ring (bicyclic) bond motifs is 1. The molecule has 3 aromatic rings. The zero-order valence-electron chi connectivity index (χ0n) is 11.1. The Morgan fingerprint density at radius 1 is 1.15 bits per heavy atom. The lowest BCUT2D eigenvalue weighted by molar-refractivity contribution is 0.718. The number of nitrogens with one attached hydrogen (secondary N) is 1. The molecule has 1 N–H and O–H groups in total. The van der Waals surface area contributed by atoms with Crippen molar-refractivity contribution in [1.82, 2.24) is 14.8 Å². The van der Waals surface area contributed by atoms with Crippen molar-refractivity contribution in [3.05, 3.63) is 64.6 Å². The fourth-order valence-corrected chi connectivity index (χ4v) is 2.08. The summed E-state index contributed by atoms with van der Waals surface area (Å²) in [4.78, 5) is 16.1. The van der Waals surface area contributed by atoms with Gasteiger partial charge < -0.3 is 5.32 Å². The Kier molecular flexibility index (Phi) is 3.16. The second kappa shape index (κ2) is 5.13. The summed E-state index contributed by atoms with van der Waals surface area (Å²) >= 11 is 0. The molecule has 0 aliphatic carbocycles. The average molecular weight is 266 g/mol. The van der Waals surface area contributed by atoms with Crippen LogP contribution in [-0.2, 0) is 13.6 Å². The Labute approximate surface area is 115 Å². The first-order valence-electron chi connectivity index (χ1n) is 6.35. The number of aromatic nitrogens is 3. The van der Waals surface area contributed by atoms with Crippen molar-refractivity contribution in [2.75, 3.05) is 5.32 Å². The zero-order valence-corrected chi connectivity index (χ0v) is 11.1. The molecule has 0 fully saturated rings. The zero-order chi connectivity index (χ0) is 13.9. The van der Waals surface area contributed by atoms with E-state index in [-0.39, 0.29) is 5.56 Å². The van der Waals surface area contributed by atoms with Gasteiger partial charge >= 0.3 is 0 Å². The molecule has 0 aliphatic heterocycles. The molecule has 0 spiro atoms. The summed E-state index contributed by atoms with van der Waals surface area (Å²) in [6.07, 6.45) is 1.62. The van der Waals surface area contributed by atoms with Crippen LogP contribution < -0.4 is 10.9 Å². The van der Waals surface area contributed by atoms with Gasteiger partial charge in [-0.05, 0) is 17.7 Å². The maximum atomic E-state index is 12.0. The van der Waals surface area contributed by atoms with Crippen molar-refractivity contribution < 1.29 is 0 Å². The number of hydrogen-bond donors (Lipinski definition) is 1. The summed E-state index contributed by atoms with van der Waals surface area (Å²) in [5.74, 6) is 0.666. The SMILES string of the molecule is Cn1nc(NCc2ccccc2)c2cccnc2c1=O. The van der Waals surface area contributed by atoms with E-state index in [0.717, 1.165) is 10.9 Å². The summed E-state index contributed by atoms with van der Waals surface area (Å²) in [6, 6.07) is 13.7. The van der Waals surface area contributed by atoms with E-state index in [4.69, 9.17) is 0 Å².